The van der Waals surface area contributed by atoms with Gasteiger partial charge in [0.1, 0.15) is 11.2 Å². The second kappa shape index (κ2) is 5.89. The minimum Gasteiger partial charge on any atom is -0.344 e. The highest BCUT2D eigenvalue weighted by atomic mass is 79.9. The predicted octanol–water partition coefficient (Wildman–Crippen LogP) is 3.78. The second-order valence-electron chi connectivity index (χ2n) is 5.89. The molecule has 3 aromatic heterocycles. The molecule has 6 nitrogen and oxygen atoms in total. The normalized spacial score (nSPS) is 11.4. The lowest BCUT2D eigenvalue weighted by Crippen LogP contribution is -2.21. The van der Waals surface area contributed by atoms with Gasteiger partial charge in [-0.2, -0.15) is 0 Å². The monoisotopic (exact) mass is 415 g/mol. The summed E-state index contributed by atoms with van der Waals surface area (Å²) in [5, 5.41) is 5.42. The average molecular weight is 416 g/mol. The van der Waals surface area contributed by atoms with Crippen molar-refractivity contribution in [1.29, 1.82) is 0 Å². The molecule has 0 atom stereocenters. The fraction of sp³-hybridized carbons (Fsp3) is 0.176. The van der Waals surface area contributed by atoms with E-state index in [2.05, 4.69) is 26.0 Å². The Morgan fingerprint density at radius 2 is 2.12 bits per heavy atom. The molecule has 1 amide bonds. The molecular formula is C17H14BrN5OS. The highest BCUT2D eigenvalue weighted by Crippen LogP contribution is 2.33. The van der Waals surface area contributed by atoms with Crippen LogP contribution in [0, 0.1) is 6.92 Å². The van der Waals surface area contributed by atoms with Gasteiger partial charge in [0.25, 0.3) is 5.91 Å². The smallest absolute Gasteiger partial charge is 0.263 e. The number of rotatable bonds is 2. The summed E-state index contributed by atoms with van der Waals surface area (Å²) in [6.07, 6.45) is 1.64. The van der Waals surface area contributed by atoms with Crippen molar-refractivity contribution in [3.63, 3.8) is 0 Å². The average Bonchev–Trinajstić information content (AvgIpc) is 3.15. The van der Waals surface area contributed by atoms with Gasteiger partial charge in [-0.3, -0.25) is 4.79 Å². The molecule has 0 N–H and O–H groups in total. The Balaban J connectivity index is 1.96. The maximum atomic E-state index is 12.4. The van der Waals surface area contributed by atoms with Gasteiger partial charge in [-0.25, -0.2) is 14.5 Å². The summed E-state index contributed by atoms with van der Waals surface area (Å²) in [7, 11) is 3.50. The van der Waals surface area contributed by atoms with Crippen molar-refractivity contribution in [1.82, 2.24) is 24.5 Å². The topological polar surface area (TPSA) is 63.4 Å². The van der Waals surface area contributed by atoms with Crippen LogP contribution in [0.2, 0.25) is 0 Å². The summed E-state index contributed by atoms with van der Waals surface area (Å²) >= 11 is 4.86. The second-order valence-corrected chi connectivity index (χ2v) is 7.81. The van der Waals surface area contributed by atoms with Gasteiger partial charge < -0.3 is 4.90 Å². The molecule has 0 saturated heterocycles. The first kappa shape index (κ1) is 16.2. The molecule has 0 aliphatic rings. The first-order chi connectivity index (χ1) is 12.0. The van der Waals surface area contributed by atoms with E-state index in [0.29, 0.717) is 16.3 Å². The molecule has 126 valence electrons. The molecule has 3 heterocycles. The highest BCUT2D eigenvalue weighted by molar-refractivity contribution is 9.10. The Hall–Kier alpha value is -2.32. The maximum absolute atomic E-state index is 12.4. The van der Waals surface area contributed by atoms with Gasteiger partial charge in [0.15, 0.2) is 11.5 Å². The summed E-state index contributed by atoms with van der Waals surface area (Å²) in [6.45, 7) is 1.94. The Morgan fingerprint density at radius 1 is 1.32 bits per heavy atom. The van der Waals surface area contributed by atoms with Gasteiger partial charge in [-0.15, -0.1) is 16.4 Å². The predicted molar refractivity (Wildman–Crippen MR) is 102 cm³/mol. The summed E-state index contributed by atoms with van der Waals surface area (Å²) in [5.41, 5.74) is 2.53. The number of fused-ring (bicyclic) bond motifs is 3. The van der Waals surface area contributed by atoms with Crippen LogP contribution in [0.4, 0.5) is 0 Å². The highest BCUT2D eigenvalue weighted by Gasteiger charge is 2.21. The molecule has 4 aromatic rings. The van der Waals surface area contributed by atoms with Crippen LogP contribution in [-0.4, -0.2) is 44.5 Å². The van der Waals surface area contributed by atoms with Crippen molar-refractivity contribution in [2.24, 2.45) is 0 Å². The maximum Gasteiger partial charge on any atom is 0.263 e. The van der Waals surface area contributed by atoms with Crippen molar-refractivity contribution in [2.75, 3.05) is 14.1 Å². The van der Waals surface area contributed by atoms with Crippen LogP contribution >= 0.6 is 27.3 Å². The first-order valence-electron chi connectivity index (χ1n) is 7.58. The number of benzene rings is 1. The zero-order valence-corrected chi connectivity index (χ0v) is 16.2. The van der Waals surface area contributed by atoms with Crippen molar-refractivity contribution in [2.45, 2.75) is 6.92 Å². The molecular weight excluding hydrogens is 402 g/mol. The van der Waals surface area contributed by atoms with E-state index in [4.69, 9.17) is 4.98 Å². The number of nitrogens with zero attached hydrogens (tertiary/aromatic N) is 5. The van der Waals surface area contributed by atoms with E-state index in [-0.39, 0.29) is 5.91 Å². The lowest BCUT2D eigenvalue weighted by atomic mass is 10.2. The minimum absolute atomic E-state index is 0.0228. The van der Waals surface area contributed by atoms with Crippen molar-refractivity contribution in [3.05, 3.63) is 45.5 Å². The number of carbonyl (C=O) groups excluding carboxylic acids is 1. The third-order valence-electron chi connectivity index (χ3n) is 3.95. The van der Waals surface area contributed by atoms with Gasteiger partial charge >= 0.3 is 0 Å². The van der Waals surface area contributed by atoms with Crippen molar-refractivity contribution in [3.8, 4) is 11.4 Å². The third kappa shape index (κ3) is 2.61. The molecule has 0 saturated carbocycles. The first-order valence-corrected chi connectivity index (χ1v) is 9.18. The van der Waals surface area contributed by atoms with Crippen LogP contribution < -0.4 is 0 Å². The van der Waals surface area contributed by atoms with Crippen LogP contribution in [0.25, 0.3) is 27.3 Å². The van der Waals surface area contributed by atoms with Gasteiger partial charge in [0.2, 0.25) is 0 Å². The molecule has 0 fully saturated rings. The summed E-state index contributed by atoms with van der Waals surface area (Å²) in [6, 6.07) is 7.84. The van der Waals surface area contributed by atoms with Crippen LogP contribution in [0.1, 0.15) is 15.2 Å². The number of thiophene rings is 1. The van der Waals surface area contributed by atoms with Crippen LogP contribution in [-0.2, 0) is 0 Å². The Labute approximate surface area is 156 Å². The number of halogens is 1. The molecule has 0 aliphatic heterocycles. The van der Waals surface area contributed by atoms with Crippen LogP contribution in [0.15, 0.2) is 35.1 Å². The van der Waals surface area contributed by atoms with Gasteiger partial charge in [0.05, 0.1) is 10.3 Å². The lowest BCUT2D eigenvalue weighted by Gasteiger charge is -2.08. The third-order valence-corrected chi connectivity index (χ3v) is 5.63. The number of carbonyl (C=O) groups is 1. The zero-order chi connectivity index (χ0) is 17.7. The largest absolute Gasteiger partial charge is 0.344 e. The van der Waals surface area contributed by atoms with Gasteiger partial charge in [-0.1, -0.05) is 28.1 Å². The van der Waals surface area contributed by atoms with Crippen molar-refractivity contribution >= 4 is 49.0 Å². The Morgan fingerprint density at radius 3 is 2.84 bits per heavy atom. The number of amides is 1. The molecule has 0 bridgehead atoms. The Bertz CT molecular complexity index is 1130. The molecule has 0 spiro atoms. The van der Waals surface area contributed by atoms with E-state index < -0.39 is 0 Å². The van der Waals surface area contributed by atoms with Crippen molar-refractivity contribution < 1.29 is 4.79 Å². The Kier molecular flexibility index (Phi) is 3.81. The lowest BCUT2D eigenvalue weighted by molar-refractivity contribution is 0.0831. The van der Waals surface area contributed by atoms with Crippen LogP contribution in [0.5, 0.6) is 0 Å². The number of hydrogen-bond acceptors (Lipinski definition) is 5. The van der Waals surface area contributed by atoms with E-state index in [1.165, 1.54) is 11.3 Å². The standard InChI is InChI=1S/C17H14BrN5OS/c1-9-12-15-20-14(10-5-4-6-11(18)7-10)21-23(15)8-19-16(12)25-13(9)17(24)22(2)3/h4-8H,1-3H3. The number of aromatic nitrogens is 4. The summed E-state index contributed by atoms with van der Waals surface area (Å²) in [5.74, 6) is 0.604. The molecule has 4 rings (SSSR count). The zero-order valence-electron chi connectivity index (χ0n) is 13.8. The van der Waals surface area contributed by atoms with E-state index in [1.807, 2.05) is 31.2 Å². The molecule has 0 aliphatic carbocycles. The number of hydrogen-bond donors (Lipinski definition) is 0. The molecule has 1 aromatic carbocycles. The fourth-order valence-electron chi connectivity index (χ4n) is 2.69. The fourth-order valence-corrected chi connectivity index (χ4v) is 4.25. The molecule has 25 heavy (non-hydrogen) atoms. The van der Waals surface area contributed by atoms with Crippen LogP contribution in [0.3, 0.4) is 0 Å². The molecule has 0 radical (unpaired) electrons. The summed E-state index contributed by atoms with van der Waals surface area (Å²) < 4.78 is 2.64. The summed E-state index contributed by atoms with van der Waals surface area (Å²) in [4.78, 5) is 24.6. The molecule has 0 unspecified atom stereocenters. The molecule has 8 heteroatoms. The quantitative estimate of drug-likeness (QED) is 0.499. The van der Waals surface area contributed by atoms with E-state index in [1.54, 1.807) is 29.8 Å². The number of aryl methyl sites for hydroxylation is 1. The van der Waals surface area contributed by atoms with E-state index in [9.17, 15) is 4.79 Å². The van der Waals surface area contributed by atoms with Gasteiger partial charge in [0, 0.05) is 24.1 Å². The minimum atomic E-state index is -0.0228. The SMILES string of the molecule is Cc1c(C(=O)N(C)C)sc2ncn3nc(-c4cccc(Br)c4)nc3c12. The van der Waals surface area contributed by atoms with Gasteiger partial charge in [-0.05, 0) is 24.6 Å². The van der Waals surface area contributed by atoms with E-state index >= 15 is 0 Å². The van der Waals surface area contributed by atoms with E-state index in [0.717, 1.165) is 25.8 Å².